The molecule has 0 aliphatic heterocycles. The lowest BCUT2D eigenvalue weighted by Crippen LogP contribution is -2.20. The van der Waals surface area contributed by atoms with Crippen molar-refractivity contribution >= 4 is 40.5 Å². The maximum atomic E-state index is 11.8. The molecule has 0 saturated heterocycles. The zero-order chi connectivity index (χ0) is 14.5. The molecular weight excluding hydrogens is 299 g/mol. The summed E-state index contributed by atoms with van der Waals surface area (Å²) in [4.78, 5) is 11.8. The van der Waals surface area contributed by atoms with Crippen molar-refractivity contribution in [3.8, 4) is 5.75 Å². The Balaban J connectivity index is 1.92. The molecule has 0 atom stereocenters. The lowest BCUT2D eigenvalue weighted by molar-refractivity contribution is -0.118. The molecule has 3 N–H and O–H groups in total. The third-order valence-corrected chi connectivity index (χ3v) is 3.29. The number of halogens is 2. The Morgan fingerprint density at radius 1 is 1.15 bits per heavy atom. The van der Waals surface area contributed by atoms with Gasteiger partial charge in [-0.25, -0.2) is 0 Å². The van der Waals surface area contributed by atoms with E-state index in [9.17, 15) is 4.79 Å². The van der Waals surface area contributed by atoms with Crippen molar-refractivity contribution in [1.82, 2.24) is 0 Å². The Hall–Kier alpha value is -1.91. The van der Waals surface area contributed by atoms with E-state index in [0.717, 1.165) is 0 Å². The molecule has 20 heavy (non-hydrogen) atoms. The Kier molecular flexibility index (Phi) is 4.71. The van der Waals surface area contributed by atoms with E-state index in [1.807, 2.05) is 0 Å². The molecule has 0 aliphatic rings. The number of nitrogens with two attached hydrogens (primary N) is 1. The van der Waals surface area contributed by atoms with E-state index in [4.69, 9.17) is 33.7 Å². The number of amides is 1. The minimum Gasteiger partial charge on any atom is -0.484 e. The van der Waals surface area contributed by atoms with Gasteiger partial charge >= 0.3 is 0 Å². The van der Waals surface area contributed by atoms with Gasteiger partial charge in [-0.05, 0) is 36.4 Å². The molecule has 0 aromatic heterocycles. The van der Waals surface area contributed by atoms with Crippen LogP contribution in [0.15, 0.2) is 42.5 Å². The van der Waals surface area contributed by atoms with E-state index in [0.29, 0.717) is 27.2 Å². The minimum atomic E-state index is -0.328. The van der Waals surface area contributed by atoms with Crippen LogP contribution in [0, 0.1) is 0 Å². The van der Waals surface area contributed by atoms with E-state index in [1.165, 1.54) is 0 Å². The molecule has 6 heteroatoms. The average Bonchev–Trinajstić information content (AvgIpc) is 2.43. The summed E-state index contributed by atoms with van der Waals surface area (Å²) < 4.78 is 5.32. The number of nitrogen functional groups attached to an aromatic ring is 1. The number of ether oxygens (including phenoxy) is 1. The fourth-order valence-electron chi connectivity index (χ4n) is 1.50. The van der Waals surface area contributed by atoms with Crippen molar-refractivity contribution in [2.24, 2.45) is 0 Å². The first-order chi connectivity index (χ1) is 9.56. The van der Waals surface area contributed by atoms with Crippen LogP contribution in [-0.4, -0.2) is 12.5 Å². The number of rotatable bonds is 4. The number of carbonyl (C=O) groups excluding carboxylic acids is 1. The van der Waals surface area contributed by atoms with Crippen molar-refractivity contribution < 1.29 is 9.53 Å². The summed E-state index contributed by atoms with van der Waals surface area (Å²) in [6, 6.07) is 11.8. The van der Waals surface area contributed by atoms with Crippen LogP contribution in [0.1, 0.15) is 0 Å². The highest BCUT2D eigenvalue weighted by Gasteiger charge is 2.08. The van der Waals surface area contributed by atoms with Crippen LogP contribution in [0.2, 0.25) is 10.0 Å². The Bertz CT molecular complexity index is 615. The second-order valence-electron chi connectivity index (χ2n) is 4.01. The van der Waals surface area contributed by atoms with Crippen LogP contribution < -0.4 is 15.8 Å². The summed E-state index contributed by atoms with van der Waals surface area (Å²) in [5.41, 5.74) is 6.63. The van der Waals surface area contributed by atoms with Gasteiger partial charge < -0.3 is 15.8 Å². The molecule has 0 heterocycles. The standard InChI is InChI=1S/C14H12Cl2N2O2/c15-11-2-1-3-12(14(11)16)18-13(19)8-20-10-6-4-9(17)5-7-10/h1-7H,8,17H2,(H,18,19). The van der Waals surface area contributed by atoms with Crippen molar-refractivity contribution in [1.29, 1.82) is 0 Å². The highest BCUT2D eigenvalue weighted by molar-refractivity contribution is 6.43. The van der Waals surface area contributed by atoms with E-state index in [2.05, 4.69) is 5.32 Å². The summed E-state index contributed by atoms with van der Waals surface area (Å²) in [6.07, 6.45) is 0. The first-order valence-electron chi connectivity index (χ1n) is 5.78. The van der Waals surface area contributed by atoms with Gasteiger partial charge in [-0.3, -0.25) is 4.79 Å². The van der Waals surface area contributed by atoms with E-state index in [-0.39, 0.29) is 12.5 Å². The van der Waals surface area contributed by atoms with Crippen molar-refractivity contribution in [3.05, 3.63) is 52.5 Å². The highest BCUT2D eigenvalue weighted by Crippen LogP contribution is 2.29. The molecule has 0 unspecified atom stereocenters. The summed E-state index contributed by atoms with van der Waals surface area (Å²) in [5, 5.41) is 3.31. The number of hydrogen-bond acceptors (Lipinski definition) is 3. The maximum absolute atomic E-state index is 11.8. The number of nitrogens with one attached hydrogen (secondary N) is 1. The minimum absolute atomic E-state index is 0.132. The van der Waals surface area contributed by atoms with Crippen molar-refractivity contribution in [2.75, 3.05) is 17.7 Å². The molecule has 0 aliphatic carbocycles. The molecule has 2 aromatic rings. The molecule has 0 fully saturated rings. The smallest absolute Gasteiger partial charge is 0.262 e. The Morgan fingerprint density at radius 3 is 2.55 bits per heavy atom. The normalized spacial score (nSPS) is 10.1. The van der Waals surface area contributed by atoms with Crippen LogP contribution in [0.4, 0.5) is 11.4 Å². The number of anilines is 2. The predicted molar refractivity (Wildman–Crippen MR) is 81.4 cm³/mol. The average molecular weight is 311 g/mol. The van der Waals surface area contributed by atoms with Gasteiger partial charge in [0, 0.05) is 5.69 Å². The van der Waals surface area contributed by atoms with Gasteiger partial charge in [-0.2, -0.15) is 0 Å². The molecule has 1 amide bonds. The van der Waals surface area contributed by atoms with Crippen LogP contribution in [0.25, 0.3) is 0 Å². The highest BCUT2D eigenvalue weighted by atomic mass is 35.5. The van der Waals surface area contributed by atoms with Crippen LogP contribution >= 0.6 is 23.2 Å². The zero-order valence-electron chi connectivity index (χ0n) is 10.4. The number of hydrogen-bond donors (Lipinski definition) is 2. The molecule has 0 spiro atoms. The first kappa shape index (κ1) is 14.5. The number of carbonyl (C=O) groups is 1. The third-order valence-electron chi connectivity index (χ3n) is 2.48. The lowest BCUT2D eigenvalue weighted by Gasteiger charge is -2.09. The van der Waals surface area contributed by atoms with Crippen molar-refractivity contribution in [2.45, 2.75) is 0 Å². The SMILES string of the molecule is Nc1ccc(OCC(=O)Nc2cccc(Cl)c2Cl)cc1. The lowest BCUT2D eigenvalue weighted by atomic mass is 10.3. The first-order valence-corrected chi connectivity index (χ1v) is 6.54. The van der Waals surface area contributed by atoms with Gasteiger partial charge in [0.2, 0.25) is 0 Å². The van der Waals surface area contributed by atoms with Gasteiger partial charge in [0.1, 0.15) is 5.75 Å². The zero-order valence-corrected chi connectivity index (χ0v) is 11.9. The second-order valence-corrected chi connectivity index (χ2v) is 4.79. The maximum Gasteiger partial charge on any atom is 0.262 e. The quantitative estimate of drug-likeness (QED) is 0.848. The van der Waals surface area contributed by atoms with Gasteiger partial charge in [0.15, 0.2) is 6.61 Å². The summed E-state index contributed by atoms with van der Waals surface area (Å²) in [6.45, 7) is -0.132. The Labute approximate surface area is 126 Å². The summed E-state index contributed by atoms with van der Waals surface area (Å²) >= 11 is 11.8. The Morgan fingerprint density at radius 2 is 1.85 bits per heavy atom. The molecule has 2 rings (SSSR count). The second kappa shape index (κ2) is 6.50. The molecule has 0 saturated carbocycles. The number of benzene rings is 2. The van der Waals surface area contributed by atoms with Gasteiger partial charge in [0.25, 0.3) is 5.91 Å². The molecular formula is C14H12Cl2N2O2. The molecule has 104 valence electrons. The fourth-order valence-corrected chi connectivity index (χ4v) is 1.85. The van der Waals surface area contributed by atoms with E-state index < -0.39 is 0 Å². The van der Waals surface area contributed by atoms with Gasteiger partial charge in [-0.15, -0.1) is 0 Å². The van der Waals surface area contributed by atoms with Crippen molar-refractivity contribution in [3.63, 3.8) is 0 Å². The van der Waals surface area contributed by atoms with E-state index >= 15 is 0 Å². The molecule has 2 aromatic carbocycles. The van der Waals surface area contributed by atoms with Crippen LogP contribution in [-0.2, 0) is 4.79 Å². The topological polar surface area (TPSA) is 64.3 Å². The monoisotopic (exact) mass is 310 g/mol. The largest absolute Gasteiger partial charge is 0.484 e. The van der Waals surface area contributed by atoms with E-state index in [1.54, 1.807) is 42.5 Å². The van der Waals surface area contributed by atoms with Gasteiger partial charge in [-0.1, -0.05) is 29.3 Å². The molecule has 0 bridgehead atoms. The molecule has 4 nitrogen and oxygen atoms in total. The van der Waals surface area contributed by atoms with Crippen LogP contribution in [0.3, 0.4) is 0 Å². The fraction of sp³-hybridized carbons (Fsp3) is 0.0714. The third kappa shape index (κ3) is 3.79. The van der Waals surface area contributed by atoms with Gasteiger partial charge in [0.05, 0.1) is 15.7 Å². The summed E-state index contributed by atoms with van der Waals surface area (Å²) in [5.74, 6) is 0.234. The van der Waals surface area contributed by atoms with Crippen LogP contribution in [0.5, 0.6) is 5.75 Å². The predicted octanol–water partition coefficient (Wildman–Crippen LogP) is 3.59. The summed E-state index contributed by atoms with van der Waals surface area (Å²) in [7, 11) is 0. The molecule has 0 radical (unpaired) electrons.